The van der Waals surface area contributed by atoms with Crippen LogP contribution < -0.4 is 11.0 Å². The second kappa shape index (κ2) is 9.44. The topological polar surface area (TPSA) is 105 Å². The number of amides is 2. The number of anilines is 1. The maximum Gasteiger partial charge on any atom is 0.323 e. The van der Waals surface area contributed by atoms with Gasteiger partial charge in [0.2, 0.25) is 11.8 Å². The molecule has 2 aliphatic rings. The summed E-state index contributed by atoms with van der Waals surface area (Å²) in [6.45, 7) is 5.70. The number of hydrogen-bond acceptors (Lipinski definition) is 5. The third-order valence-corrected chi connectivity index (χ3v) is 5.95. The molecular weight excluding hydrogens is 384 g/mol. The smallest absolute Gasteiger partial charge is 0.323 e. The average molecular weight is 415 g/mol. The van der Waals surface area contributed by atoms with Crippen molar-refractivity contribution in [3.05, 3.63) is 28.7 Å². The molecule has 0 unspecified atom stereocenters. The Morgan fingerprint density at radius 2 is 1.47 bits per heavy atom. The maximum atomic E-state index is 12.6. The Morgan fingerprint density at radius 1 is 0.833 bits per heavy atom. The van der Waals surface area contributed by atoms with Crippen LogP contribution >= 0.6 is 0 Å². The maximum absolute atomic E-state index is 12.6. The van der Waals surface area contributed by atoms with E-state index in [1.165, 1.54) is 12.8 Å². The number of carbonyl (C=O) groups excluding carboxylic acids is 2. The fraction of sp³-hybridized carbons (Fsp3) is 0.571. The van der Waals surface area contributed by atoms with Crippen molar-refractivity contribution >= 4 is 28.5 Å². The van der Waals surface area contributed by atoms with Gasteiger partial charge in [-0.1, -0.05) is 12.8 Å². The number of likely N-dealkylation sites (tertiary alicyclic amines) is 1. The summed E-state index contributed by atoms with van der Waals surface area (Å²) >= 11 is 0. The van der Waals surface area contributed by atoms with Gasteiger partial charge in [0.05, 0.1) is 24.1 Å². The Balaban J connectivity index is 1.21. The molecule has 2 amide bonds. The first-order chi connectivity index (χ1) is 14.6. The summed E-state index contributed by atoms with van der Waals surface area (Å²) in [6.07, 6.45) is 4.67. The van der Waals surface area contributed by atoms with Crippen molar-refractivity contribution in [1.29, 1.82) is 0 Å². The molecule has 2 fully saturated rings. The number of H-pyrrole nitrogens is 2. The zero-order chi connectivity index (χ0) is 20.9. The molecule has 3 N–H and O–H groups in total. The van der Waals surface area contributed by atoms with Crippen LogP contribution in [0.4, 0.5) is 5.69 Å². The van der Waals surface area contributed by atoms with Gasteiger partial charge >= 0.3 is 5.69 Å². The minimum atomic E-state index is -0.263. The van der Waals surface area contributed by atoms with E-state index >= 15 is 0 Å². The zero-order valence-electron chi connectivity index (χ0n) is 17.3. The van der Waals surface area contributed by atoms with E-state index in [1.54, 1.807) is 18.2 Å². The number of hydrogen-bond donors (Lipinski definition) is 3. The lowest BCUT2D eigenvalue weighted by molar-refractivity contribution is -0.133. The quantitative estimate of drug-likeness (QED) is 0.672. The van der Waals surface area contributed by atoms with Crippen LogP contribution in [0.1, 0.15) is 25.7 Å². The number of aromatic amines is 2. The average Bonchev–Trinajstić information content (AvgIpc) is 2.91. The predicted octanol–water partition coefficient (Wildman–Crippen LogP) is 0.815. The number of benzene rings is 1. The van der Waals surface area contributed by atoms with Crippen LogP contribution in [0.25, 0.3) is 11.0 Å². The second-order valence-corrected chi connectivity index (χ2v) is 8.23. The van der Waals surface area contributed by atoms with Crippen molar-refractivity contribution in [3.63, 3.8) is 0 Å². The van der Waals surface area contributed by atoms with Gasteiger partial charge in [-0.25, -0.2) is 4.79 Å². The van der Waals surface area contributed by atoms with Crippen LogP contribution in [0.2, 0.25) is 0 Å². The van der Waals surface area contributed by atoms with E-state index in [4.69, 9.17) is 0 Å². The molecule has 4 rings (SSSR count). The highest BCUT2D eigenvalue weighted by atomic mass is 16.2. The molecule has 3 heterocycles. The molecule has 162 valence electrons. The van der Waals surface area contributed by atoms with Crippen molar-refractivity contribution in [3.8, 4) is 0 Å². The van der Waals surface area contributed by atoms with Gasteiger partial charge in [0.25, 0.3) is 0 Å². The van der Waals surface area contributed by atoms with Gasteiger partial charge in [-0.2, -0.15) is 0 Å². The summed E-state index contributed by atoms with van der Waals surface area (Å²) in [5.74, 6) is 0.155. The Morgan fingerprint density at radius 3 is 2.17 bits per heavy atom. The van der Waals surface area contributed by atoms with Crippen molar-refractivity contribution in [2.75, 3.05) is 57.7 Å². The van der Waals surface area contributed by atoms with Gasteiger partial charge < -0.3 is 20.2 Å². The van der Waals surface area contributed by atoms with Crippen LogP contribution in [0, 0.1) is 0 Å². The highest BCUT2D eigenvalue weighted by Crippen LogP contribution is 2.15. The van der Waals surface area contributed by atoms with Gasteiger partial charge in [-0.05, 0) is 31.0 Å². The second-order valence-electron chi connectivity index (χ2n) is 8.23. The van der Waals surface area contributed by atoms with Crippen LogP contribution in [0.5, 0.6) is 0 Å². The number of imidazole rings is 1. The summed E-state index contributed by atoms with van der Waals surface area (Å²) in [6, 6.07) is 5.29. The molecule has 0 bridgehead atoms. The van der Waals surface area contributed by atoms with Gasteiger partial charge in [0.15, 0.2) is 0 Å². The monoisotopic (exact) mass is 414 g/mol. The van der Waals surface area contributed by atoms with Crippen LogP contribution in [-0.4, -0.2) is 88.8 Å². The lowest BCUT2D eigenvalue weighted by Gasteiger charge is -2.35. The standard InChI is InChI=1S/C21H30N6O3/c28-19(22-16-5-6-17-18(13-16)24-21(30)23-17)14-25-9-11-26(12-10-25)15-20(29)27-7-3-1-2-4-8-27/h5-6,13H,1-4,7-12,14-15H2,(H,22,28)(H2,23,24,30). The molecule has 9 nitrogen and oxygen atoms in total. The number of nitrogens with zero attached hydrogens (tertiary/aromatic N) is 3. The first-order valence-electron chi connectivity index (χ1n) is 10.8. The third-order valence-electron chi connectivity index (χ3n) is 5.95. The first-order valence-corrected chi connectivity index (χ1v) is 10.8. The van der Waals surface area contributed by atoms with Crippen molar-refractivity contribution in [2.24, 2.45) is 0 Å². The number of carbonyl (C=O) groups is 2. The molecule has 30 heavy (non-hydrogen) atoms. The van der Waals surface area contributed by atoms with E-state index in [0.717, 1.165) is 52.1 Å². The summed E-state index contributed by atoms with van der Waals surface area (Å²) < 4.78 is 0. The van der Waals surface area contributed by atoms with Crippen molar-refractivity contribution in [2.45, 2.75) is 25.7 Å². The van der Waals surface area contributed by atoms with Gasteiger partial charge in [0, 0.05) is 45.0 Å². The van der Waals surface area contributed by atoms with Gasteiger partial charge in [-0.3, -0.25) is 19.4 Å². The summed E-state index contributed by atoms with van der Waals surface area (Å²) in [7, 11) is 0. The highest BCUT2D eigenvalue weighted by molar-refractivity contribution is 5.94. The van der Waals surface area contributed by atoms with Crippen LogP contribution in [0.3, 0.4) is 0 Å². The summed E-state index contributed by atoms with van der Waals surface area (Å²) in [5, 5.41) is 2.89. The Hall–Kier alpha value is -2.65. The molecule has 0 saturated carbocycles. The normalized spacial score (nSPS) is 19.0. The van der Waals surface area contributed by atoms with Gasteiger partial charge in [0.1, 0.15) is 0 Å². The molecule has 0 radical (unpaired) electrons. The number of rotatable bonds is 5. The third kappa shape index (κ3) is 5.28. The Kier molecular flexibility index (Phi) is 6.49. The lowest BCUT2D eigenvalue weighted by Crippen LogP contribution is -2.51. The molecule has 9 heteroatoms. The van der Waals surface area contributed by atoms with Crippen LogP contribution in [0.15, 0.2) is 23.0 Å². The van der Waals surface area contributed by atoms with E-state index in [2.05, 4.69) is 25.1 Å². The number of fused-ring (bicyclic) bond motifs is 1. The molecule has 2 aromatic rings. The largest absolute Gasteiger partial charge is 0.342 e. The number of aromatic nitrogens is 2. The Bertz CT molecular complexity index is 936. The minimum absolute atomic E-state index is 0.0821. The van der Waals surface area contributed by atoms with E-state index in [9.17, 15) is 14.4 Å². The highest BCUT2D eigenvalue weighted by Gasteiger charge is 2.23. The fourth-order valence-electron chi connectivity index (χ4n) is 4.23. The fourth-order valence-corrected chi connectivity index (χ4v) is 4.23. The molecule has 2 aliphatic heterocycles. The first kappa shape index (κ1) is 20.6. The summed E-state index contributed by atoms with van der Waals surface area (Å²) in [5.41, 5.74) is 1.77. The Labute approximate surface area is 175 Å². The SMILES string of the molecule is O=C(CN1CCN(CC(=O)N2CCCCCC2)CC1)Nc1ccc2[nH]c(=O)[nH]c2c1. The molecule has 2 saturated heterocycles. The summed E-state index contributed by atoms with van der Waals surface area (Å²) in [4.78, 5) is 48.0. The minimum Gasteiger partial charge on any atom is -0.342 e. The molecule has 1 aromatic heterocycles. The predicted molar refractivity (Wildman–Crippen MR) is 115 cm³/mol. The van der Waals surface area contributed by atoms with E-state index in [0.29, 0.717) is 29.8 Å². The van der Waals surface area contributed by atoms with E-state index in [-0.39, 0.29) is 17.5 Å². The number of nitrogens with one attached hydrogen (secondary N) is 3. The van der Waals surface area contributed by atoms with Crippen LogP contribution in [-0.2, 0) is 9.59 Å². The molecule has 0 aliphatic carbocycles. The number of piperazine rings is 1. The van der Waals surface area contributed by atoms with E-state index < -0.39 is 0 Å². The lowest BCUT2D eigenvalue weighted by atomic mass is 10.2. The van der Waals surface area contributed by atoms with E-state index in [1.807, 2.05) is 4.90 Å². The van der Waals surface area contributed by atoms with Crippen molar-refractivity contribution in [1.82, 2.24) is 24.7 Å². The molecule has 0 atom stereocenters. The van der Waals surface area contributed by atoms with Crippen molar-refractivity contribution < 1.29 is 9.59 Å². The molecule has 0 spiro atoms. The molecule has 1 aromatic carbocycles. The zero-order valence-corrected chi connectivity index (χ0v) is 17.3. The molecular formula is C21H30N6O3. The van der Waals surface area contributed by atoms with Gasteiger partial charge in [-0.15, -0.1) is 0 Å².